The Balaban J connectivity index is 1.37. The number of ether oxygens (including phenoxy) is 2. The van der Waals surface area contributed by atoms with Crippen LogP contribution in [0.25, 0.3) is 0 Å². The van der Waals surface area contributed by atoms with Crippen molar-refractivity contribution in [1.82, 2.24) is 0 Å². The van der Waals surface area contributed by atoms with Crippen molar-refractivity contribution in [2.45, 2.75) is 123 Å². The molecule has 1 saturated heterocycles. The van der Waals surface area contributed by atoms with Gasteiger partial charge < -0.3 is 14.6 Å². The van der Waals surface area contributed by atoms with E-state index in [-0.39, 0.29) is 11.7 Å². The summed E-state index contributed by atoms with van der Waals surface area (Å²) in [6.45, 7) is 15.7. The predicted octanol–water partition coefficient (Wildman–Crippen LogP) is 7.83. The fourth-order valence-electron chi connectivity index (χ4n) is 9.40. The van der Waals surface area contributed by atoms with E-state index in [1.54, 1.807) is 5.57 Å². The minimum absolute atomic E-state index is 0.0887. The van der Waals surface area contributed by atoms with Crippen molar-refractivity contribution in [3.05, 3.63) is 23.8 Å². The number of rotatable bonds is 10. The summed E-state index contributed by atoms with van der Waals surface area (Å²) in [5, 5.41) is 12.5. The molecule has 0 amide bonds. The molecule has 35 heavy (non-hydrogen) atoms. The Morgan fingerprint density at radius 2 is 1.89 bits per heavy atom. The van der Waals surface area contributed by atoms with Gasteiger partial charge in [-0.25, -0.2) is 0 Å². The van der Waals surface area contributed by atoms with Gasteiger partial charge in [0.05, 0.1) is 18.8 Å². The molecule has 0 aromatic rings. The Kier molecular flexibility index (Phi) is 7.36. The predicted molar refractivity (Wildman–Crippen MR) is 143 cm³/mol. The summed E-state index contributed by atoms with van der Waals surface area (Å²) in [6, 6.07) is 0. The van der Waals surface area contributed by atoms with Crippen molar-refractivity contribution in [2.24, 2.45) is 40.4 Å². The van der Waals surface area contributed by atoms with Crippen molar-refractivity contribution in [3.8, 4) is 0 Å². The van der Waals surface area contributed by atoms with Crippen LogP contribution in [0.1, 0.15) is 111 Å². The van der Waals surface area contributed by atoms with Crippen molar-refractivity contribution in [1.29, 1.82) is 0 Å². The van der Waals surface area contributed by atoms with Crippen LogP contribution in [0.4, 0.5) is 0 Å². The van der Waals surface area contributed by atoms with E-state index in [0.717, 1.165) is 43.4 Å². The second-order valence-corrected chi connectivity index (χ2v) is 13.8. The van der Waals surface area contributed by atoms with Crippen LogP contribution in [0.2, 0.25) is 0 Å². The molecule has 1 heterocycles. The van der Waals surface area contributed by atoms with Gasteiger partial charge in [0, 0.05) is 11.8 Å². The molecule has 3 nitrogen and oxygen atoms in total. The molecule has 0 bridgehead atoms. The van der Waals surface area contributed by atoms with Gasteiger partial charge in [0.1, 0.15) is 0 Å². The number of allylic oxidation sites excluding steroid dienone is 1. The lowest BCUT2D eigenvalue weighted by atomic mass is 9.60. The van der Waals surface area contributed by atoms with Crippen LogP contribution in [0.15, 0.2) is 23.8 Å². The van der Waals surface area contributed by atoms with E-state index >= 15 is 0 Å². The second-order valence-electron chi connectivity index (χ2n) is 13.8. The first kappa shape index (κ1) is 26.0. The summed E-state index contributed by atoms with van der Waals surface area (Å²) in [5.41, 5.74) is 2.39. The summed E-state index contributed by atoms with van der Waals surface area (Å²) in [6.07, 6.45) is 17.8. The average Bonchev–Trinajstić information content (AvgIpc) is 3.09. The zero-order valence-electron chi connectivity index (χ0n) is 23.1. The molecule has 5 rings (SSSR count). The van der Waals surface area contributed by atoms with E-state index in [9.17, 15) is 5.11 Å². The van der Waals surface area contributed by atoms with Gasteiger partial charge in [0.15, 0.2) is 6.29 Å². The Morgan fingerprint density at radius 1 is 1.11 bits per heavy atom. The van der Waals surface area contributed by atoms with Crippen LogP contribution in [-0.2, 0) is 9.47 Å². The highest BCUT2D eigenvalue weighted by atomic mass is 16.7. The molecule has 5 aliphatic rings. The van der Waals surface area contributed by atoms with Crippen molar-refractivity contribution >= 4 is 0 Å². The molecule has 1 aliphatic heterocycles. The van der Waals surface area contributed by atoms with Crippen molar-refractivity contribution in [3.63, 3.8) is 0 Å². The largest absolute Gasteiger partial charge is 0.385 e. The van der Waals surface area contributed by atoms with Crippen LogP contribution in [0, 0.1) is 40.4 Å². The van der Waals surface area contributed by atoms with Gasteiger partial charge in [-0.05, 0) is 92.8 Å². The Bertz CT molecular complexity index is 810. The number of hydrogen-bond donors (Lipinski definition) is 1. The topological polar surface area (TPSA) is 38.7 Å². The Labute approximate surface area is 215 Å². The third kappa shape index (κ3) is 4.61. The first-order valence-corrected chi connectivity index (χ1v) is 15.0. The summed E-state index contributed by atoms with van der Waals surface area (Å²) in [4.78, 5) is 0. The summed E-state index contributed by atoms with van der Waals surface area (Å²) in [5.74, 6) is 3.70. The Morgan fingerprint density at radius 3 is 2.54 bits per heavy atom. The van der Waals surface area contributed by atoms with E-state index < -0.39 is 5.60 Å². The monoisotopic (exact) mass is 484 g/mol. The molecule has 198 valence electrons. The Hall–Kier alpha value is -0.640. The summed E-state index contributed by atoms with van der Waals surface area (Å²) in [7, 11) is 0. The summed E-state index contributed by atoms with van der Waals surface area (Å²) < 4.78 is 11.5. The molecule has 0 aromatic carbocycles. The molecule has 7 atom stereocenters. The molecule has 0 spiro atoms. The lowest BCUT2D eigenvalue weighted by molar-refractivity contribution is -0.0694. The zero-order valence-corrected chi connectivity index (χ0v) is 23.1. The molecule has 4 aliphatic carbocycles. The molecule has 5 fully saturated rings. The van der Waals surface area contributed by atoms with Crippen LogP contribution < -0.4 is 0 Å². The van der Waals surface area contributed by atoms with Crippen LogP contribution in [0.5, 0.6) is 0 Å². The van der Waals surface area contributed by atoms with E-state index in [0.29, 0.717) is 30.5 Å². The highest BCUT2D eigenvalue weighted by molar-refractivity contribution is 5.39. The van der Waals surface area contributed by atoms with Gasteiger partial charge in [-0.2, -0.15) is 0 Å². The minimum Gasteiger partial charge on any atom is -0.385 e. The van der Waals surface area contributed by atoms with Crippen LogP contribution >= 0.6 is 0 Å². The van der Waals surface area contributed by atoms with Crippen LogP contribution in [-0.4, -0.2) is 30.2 Å². The lowest BCUT2D eigenvalue weighted by Crippen LogP contribution is -2.42. The lowest BCUT2D eigenvalue weighted by Gasteiger charge is -2.46. The minimum atomic E-state index is -0.797. The number of fused-ring (bicyclic) bond motifs is 2. The van der Waals surface area contributed by atoms with Gasteiger partial charge >= 0.3 is 0 Å². The highest BCUT2D eigenvalue weighted by Gasteiger charge is 2.69. The first-order valence-electron chi connectivity index (χ1n) is 15.0. The second kappa shape index (κ2) is 9.91. The average molecular weight is 485 g/mol. The maximum absolute atomic E-state index is 12.5. The van der Waals surface area contributed by atoms with E-state index in [1.807, 2.05) is 0 Å². The third-order valence-corrected chi connectivity index (χ3v) is 11.3. The number of aliphatic hydroxyl groups is 1. The van der Waals surface area contributed by atoms with E-state index in [2.05, 4.69) is 40.3 Å². The first-order chi connectivity index (χ1) is 16.7. The molecule has 0 radical (unpaired) electrons. The SMILES string of the molecule is C=C1CCC2CC12[C@@](O)(/C=C1\CCC[C@]2(C)[C@@H]([C@H](C)CCCC(C)C)CC[C@@H]12)CCC1OCCO1. The fraction of sp³-hybridized carbons (Fsp3) is 0.875. The molecule has 4 saturated carbocycles. The maximum atomic E-state index is 12.5. The van der Waals surface area contributed by atoms with E-state index in [4.69, 9.17) is 9.47 Å². The number of hydrogen-bond acceptors (Lipinski definition) is 3. The maximum Gasteiger partial charge on any atom is 0.157 e. The molecular formula is C32H52O3. The molecule has 3 heteroatoms. The smallest absolute Gasteiger partial charge is 0.157 e. The van der Waals surface area contributed by atoms with Gasteiger partial charge in [0.2, 0.25) is 0 Å². The van der Waals surface area contributed by atoms with Gasteiger partial charge in [-0.1, -0.05) is 70.8 Å². The van der Waals surface area contributed by atoms with Gasteiger partial charge in [0.25, 0.3) is 0 Å². The normalized spacial score (nSPS) is 40.8. The third-order valence-electron chi connectivity index (χ3n) is 11.3. The molecule has 0 aromatic heterocycles. The van der Waals surface area contributed by atoms with Crippen molar-refractivity contribution < 1.29 is 14.6 Å². The standard InChI is InChI=1S/C32H52O3/c1-22(2)8-6-9-23(3)27-13-14-28-25(10-7-16-30(27,28)5)20-31(33,17-15-29-34-18-19-35-29)32-21-26(32)12-11-24(32)4/h20,22-23,26-29,33H,4,6-19,21H2,1-3,5H3/b25-20+/t23-,26?,27-,28+,30-,31+,32?/m1/s1. The fourth-order valence-corrected chi connectivity index (χ4v) is 9.40. The molecule has 1 N–H and O–H groups in total. The molecule has 2 unspecified atom stereocenters. The zero-order chi connectivity index (χ0) is 24.8. The van der Waals surface area contributed by atoms with Gasteiger partial charge in [-0.3, -0.25) is 0 Å². The quantitative estimate of drug-likeness (QED) is 0.321. The van der Waals surface area contributed by atoms with E-state index in [1.165, 1.54) is 63.4 Å². The molecular weight excluding hydrogens is 432 g/mol. The highest BCUT2D eigenvalue weighted by Crippen LogP contribution is 2.72. The summed E-state index contributed by atoms with van der Waals surface area (Å²) >= 11 is 0. The van der Waals surface area contributed by atoms with Crippen LogP contribution in [0.3, 0.4) is 0 Å². The van der Waals surface area contributed by atoms with Gasteiger partial charge in [-0.15, -0.1) is 0 Å². The van der Waals surface area contributed by atoms with Crippen molar-refractivity contribution in [2.75, 3.05) is 13.2 Å².